The maximum atomic E-state index is 13.0. The molecule has 0 radical (unpaired) electrons. The summed E-state index contributed by atoms with van der Waals surface area (Å²) in [6.45, 7) is 0.677. The van der Waals surface area contributed by atoms with Crippen LogP contribution in [-0.4, -0.2) is 38.8 Å². The zero-order valence-electron chi connectivity index (χ0n) is 17.9. The fourth-order valence-electron chi connectivity index (χ4n) is 3.85. The van der Waals surface area contributed by atoms with Gasteiger partial charge in [-0.15, -0.1) is 0 Å². The average molecular weight is 451 g/mol. The van der Waals surface area contributed by atoms with Crippen LogP contribution in [0, 0.1) is 5.92 Å². The molecule has 0 N–H and O–H groups in total. The van der Waals surface area contributed by atoms with E-state index in [0.29, 0.717) is 36.6 Å². The van der Waals surface area contributed by atoms with Gasteiger partial charge in [0.25, 0.3) is 0 Å². The van der Waals surface area contributed by atoms with Crippen molar-refractivity contribution in [1.82, 2.24) is 4.31 Å². The number of benzene rings is 3. The van der Waals surface area contributed by atoms with E-state index in [4.69, 9.17) is 4.74 Å². The molecule has 0 aliphatic carbocycles. The molecular formula is C25H26N2O4S. The third-order valence-corrected chi connectivity index (χ3v) is 7.63. The van der Waals surface area contributed by atoms with Crippen molar-refractivity contribution < 1.29 is 17.9 Å². The molecule has 3 aromatic rings. The SMILES string of the molecule is CN(C(=O)C1CCN(S(=O)(=O)c2ccccc2)CC1)c1ccc(Oc2ccccc2)cc1. The predicted octanol–water partition coefficient (Wildman–Crippen LogP) is 4.54. The summed E-state index contributed by atoms with van der Waals surface area (Å²) in [5.41, 5.74) is 0.773. The summed E-state index contributed by atoms with van der Waals surface area (Å²) in [5, 5.41) is 0. The van der Waals surface area contributed by atoms with Gasteiger partial charge in [0.05, 0.1) is 4.90 Å². The zero-order valence-corrected chi connectivity index (χ0v) is 18.7. The lowest BCUT2D eigenvalue weighted by Crippen LogP contribution is -2.43. The van der Waals surface area contributed by atoms with Gasteiger partial charge in [0.2, 0.25) is 15.9 Å². The Labute approximate surface area is 189 Å². The molecule has 6 nitrogen and oxygen atoms in total. The third-order valence-electron chi connectivity index (χ3n) is 5.72. The smallest absolute Gasteiger partial charge is 0.243 e. The molecule has 4 rings (SSSR count). The number of para-hydroxylation sites is 1. The van der Waals surface area contributed by atoms with Crippen LogP contribution in [0.1, 0.15) is 12.8 Å². The van der Waals surface area contributed by atoms with E-state index in [9.17, 15) is 13.2 Å². The van der Waals surface area contributed by atoms with Crippen molar-refractivity contribution in [3.8, 4) is 11.5 Å². The Hall–Kier alpha value is -3.16. The Bertz CT molecular complexity index is 1140. The molecule has 32 heavy (non-hydrogen) atoms. The maximum absolute atomic E-state index is 13.0. The van der Waals surface area contributed by atoms with Crippen molar-refractivity contribution in [1.29, 1.82) is 0 Å². The van der Waals surface area contributed by atoms with Crippen LogP contribution in [0.2, 0.25) is 0 Å². The van der Waals surface area contributed by atoms with Gasteiger partial charge >= 0.3 is 0 Å². The largest absolute Gasteiger partial charge is 0.457 e. The minimum Gasteiger partial charge on any atom is -0.457 e. The molecule has 1 aliphatic rings. The van der Waals surface area contributed by atoms with Gasteiger partial charge < -0.3 is 9.64 Å². The Morgan fingerprint density at radius 1 is 0.844 bits per heavy atom. The number of piperidine rings is 1. The molecule has 0 aromatic heterocycles. The standard InChI is InChI=1S/C25H26N2O4S/c1-26(21-12-14-23(15-13-21)31-22-8-4-2-5-9-22)25(28)20-16-18-27(19-17-20)32(29,30)24-10-6-3-7-11-24/h2-15,20H,16-19H2,1H3. The molecule has 1 aliphatic heterocycles. The molecule has 1 heterocycles. The second kappa shape index (κ2) is 9.54. The van der Waals surface area contributed by atoms with Crippen LogP contribution < -0.4 is 9.64 Å². The van der Waals surface area contributed by atoms with Gasteiger partial charge in [0.1, 0.15) is 11.5 Å². The fraction of sp³-hybridized carbons (Fsp3) is 0.240. The van der Waals surface area contributed by atoms with Crippen molar-refractivity contribution in [3.63, 3.8) is 0 Å². The number of hydrogen-bond donors (Lipinski definition) is 0. The normalized spacial score (nSPS) is 15.3. The van der Waals surface area contributed by atoms with E-state index in [2.05, 4.69) is 0 Å². The van der Waals surface area contributed by atoms with Crippen molar-refractivity contribution in [2.24, 2.45) is 5.92 Å². The number of sulfonamides is 1. The van der Waals surface area contributed by atoms with E-state index in [-0.39, 0.29) is 11.8 Å². The molecule has 1 saturated heterocycles. The van der Waals surface area contributed by atoms with Gasteiger partial charge in [-0.2, -0.15) is 4.31 Å². The van der Waals surface area contributed by atoms with Gasteiger partial charge in [0.15, 0.2) is 0 Å². The summed E-state index contributed by atoms with van der Waals surface area (Å²) >= 11 is 0. The highest BCUT2D eigenvalue weighted by Gasteiger charge is 2.33. The predicted molar refractivity (Wildman–Crippen MR) is 124 cm³/mol. The van der Waals surface area contributed by atoms with Gasteiger partial charge in [-0.1, -0.05) is 36.4 Å². The molecule has 3 aromatic carbocycles. The average Bonchev–Trinajstić information content (AvgIpc) is 2.85. The van der Waals surface area contributed by atoms with E-state index in [1.165, 1.54) is 4.31 Å². The van der Waals surface area contributed by atoms with Crippen LogP contribution in [-0.2, 0) is 14.8 Å². The molecule has 0 spiro atoms. The lowest BCUT2D eigenvalue weighted by Gasteiger charge is -2.32. The number of carbonyl (C=O) groups excluding carboxylic acids is 1. The lowest BCUT2D eigenvalue weighted by molar-refractivity contribution is -0.123. The first-order valence-electron chi connectivity index (χ1n) is 10.6. The van der Waals surface area contributed by atoms with Gasteiger partial charge in [-0.05, 0) is 61.4 Å². The van der Waals surface area contributed by atoms with E-state index >= 15 is 0 Å². The molecule has 1 amide bonds. The Morgan fingerprint density at radius 3 is 1.97 bits per heavy atom. The van der Waals surface area contributed by atoms with Gasteiger partial charge in [0, 0.05) is 31.7 Å². The molecule has 166 valence electrons. The number of anilines is 1. The first kappa shape index (κ1) is 22.0. The summed E-state index contributed by atoms with van der Waals surface area (Å²) < 4.78 is 32.9. The Balaban J connectivity index is 1.36. The van der Waals surface area contributed by atoms with Crippen LogP contribution in [0.15, 0.2) is 89.8 Å². The highest BCUT2D eigenvalue weighted by molar-refractivity contribution is 7.89. The second-order valence-corrected chi connectivity index (χ2v) is 9.74. The van der Waals surface area contributed by atoms with Crippen LogP contribution >= 0.6 is 0 Å². The minimum absolute atomic E-state index is 0.00140. The molecule has 0 saturated carbocycles. The number of ether oxygens (including phenoxy) is 1. The maximum Gasteiger partial charge on any atom is 0.243 e. The monoisotopic (exact) mass is 450 g/mol. The van der Waals surface area contributed by atoms with E-state index in [1.54, 1.807) is 42.3 Å². The number of nitrogens with zero attached hydrogens (tertiary/aromatic N) is 2. The summed E-state index contributed by atoms with van der Waals surface area (Å²) in [5.74, 6) is 1.24. The minimum atomic E-state index is -3.52. The highest BCUT2D eigenvalue weighted by atomic mass is 32.2. The van der Waals surface area contributed by atoms with E-state index in [1.807, 2.05) is 54.6 Å². The van der Waals surface area contributed by atoms with Crippen LogP contribution in [0.25, 0.3) is 0 Å². The van der Waals surface area contributed by atoms with E-state index < -0.39 is 10.0 Å². The van der Waals surface area contributed by atoms with E-state index in [0.717, 1.165) is 11.4 Å². The summed E-state index contributed by atoms with van der Waals surface area (Å²) in [6.07, 6.45) is 1.01. The van der Waals surface area contributed by atoms with Crippen molar-refractivity contribution in [2.75, 3.05) is 25.0 Å². The van der Waals surface area contributed by atoms with Crippen LogP contribution in [0.3, 0.4) is 0 Å². The molecular weight excluding hydrogens is 424 g/mol. The summed E-state index contributed by atoms with van der Waals surface area (Å²) in [6, 6.07) is 25.3. The van der Waals surface area contributed by atoms with Crippen LogP contribution in [0.4, 0.5) is 5.69 Å². The van der Waals surface area contributed by atoms with Gasteiger partial charge in [-0.25, -0.2) is 8.42 Å². The summed E-state index contributed by atoms with van der Waals surface area (Å²) in [4.78, 5) is 15.0. The van der Waals surface area contributed by atoms with Crippen LogP contribution in [0.5, 0.6) is 11.5 Å². The second-order valence-electron chi connectivity index (χ2n) is 7.80. The molecule has 1 fully saturated rings. The fourth-order valence-corrected chi connectivity index (χ4v) is 5.34. The van der Waals surface area contributed by atoms with Gasteiger partial charge in [-0.3, -0.25) is 4.79 Å². The highest BCUT2D eigenvalue weighted by Crippen LogP contribution is 2.28. The molecule has 0 bridgehead atoms. The van der Waals surface area contributed by atoms with Crippen molar-refractivity contribution >= 4 is 21.6 Å². The van der Waals surface area contributed by atoms with Crippen molar-refractivity contribution in [3.05, 3.63) is 84.9 Å². The van der Waals surface area contributed by atoms with Crippen molar-refractivity contribution in [2.45, 2.75) is 17.7 Å². The first-order chi connectivity index (χ1) is 15.4. The summed E-state index contributed by atoms with van der Waals surface area (Å²) in [7, 11) is -1.77. The topological polar surface area (TPSA) is 66.9 Å². The number of hydrogen-bond acceptors (Lipinski definition) is 4. The molecule has 0 unspecified atom stereocenters. The molecule has 7 heteroatoms. The Kier molecular flexibility index (Phi) is 6.58. The number of amides is 1. The quantitative estimate of drug-likeness (QED) is 0.553. The lowest BCUT2D eigenvalue weighted by atomic mass is 9.96. The Morgan fingerprint density at radius 2 is 1.38 bits per heavy atom. The first-order valence-corrected chi connectivity index (χ1v) is 12.0. The zero-order chi connectivity index (χ0) is 22.6. The molecule has 0 atom stereocenters. The number of carbonyl (C=O) groups is 1. The third kappa shape index (κ3) is 4.84. The number of rotatable bonds is 6.